The lowest BCUT2D eigenvalue weighted by Gasteiger charge is -2.21. The van der Waals surface area contributed by atoms with Gasteiger partial charge in [-0.25, -0.2) is 14.2 Å². The quantitative estimate of drug-likeness (QED) is 0.703. The Labute approximate surface area is 161 Å². The van der Waals surface area contributed by atoms with E-state index < -0.39 is 17.4 Å². The largest absolute Gasteiger partial charge is 0.453 e. The molecule has 0 atom stereocenters. The summed E-state index contributed by atoms with van der Waals surface area (Å²) in [6, 6.07) is 2.82. The van der Waals surface area contributed by atoms with Crippen LogP contribution in [0.15, 0.2) is 24.5 Å². The van der Waals surface area contributed by atoms with Crippen molar-refractivity contribution in [2.24, 2.45) is 0 Å². The number of nitrogens with one attached hydrogen (secondary N) is 3. The second-order valence-electron chi connectivity index (χ2n) is 6.98. The number of ether oxygens (including phenoxy) is 1. The maximum Gasteiger partial charge on any atom is 0.407 e. The summed E-state index contributed by atoms with van der Waals surface area (Å²) in [6.45, 7) is 5.32. The molecule has 2 amide bonds. The number of imidazole rings is 1. The fourth-order valence-corrected chi connectivity index (χ4v) is 2.89. The van der Waals surface area contributed by atoms with Crippen LogP contribution in [0, 0.1) is 12.7 Å². The van der Waals surface area contributed by atoms with Gasteiger partial charge in [-0.05, 0) is 39.0 Å². The highest BCUT2D eigenvalue weighted by Crippen LogP contribution is 2.38. The smallest absolute Gasteiger partial charge is 0.407 e. The number of halogens is 1. The van der Waals surface area contributed by atoms with Gasteiger partial charge in [0.1, 0.15) is 5.82 Å². The molecule has 1 aliphatic rings. The molecule has 146 valence electrons. The van der Waals surface area contributed by atoms with E-state index in [0.29, 0.717) is 22.5 Å². The van der Waals surface area contributed by atoms with Gasteiger partial charge in [0.15, 0.2) is 0 Å². The molecule has 2 heterocycles. The summed E-state index contributed by atoms with van der Waals surface area (Å²) < 4.78 is 19.3. The highest BCUT2D eigenvalue weighted by molar-refractivity contribution is 6.35. The Balaban J connectivity index is 2.06. The summed E-state index contributed by atoms with van der Waals surface area (Å²) in [5.74, 6) is -0.811. The molecule has 28 heavy (non-hydrogen) atoms. The minimum absolute atomic E-state index is 0.245. The van der Waals surface area contributed by atoms with Gasteiger partial charge < -0.3 is 20.4 Å². The van der Waals surface area contributed by atoms with E-state index >= 15 is 0 Å². The first-order valence-corrected chi connectivity index (χ1v) is 8.63. The average Bonchev–Trinajstić information content (AvgIpc) is 3.17. The zero-order valence-corrected chi connectivity index (χ0v) is 16.0. The molecule has 8 heteroatoms. The lowest BCUT2D eigenvalue weighted by Crippen LogP contribution is -2.41. The van der Waals surface area contributed by atoms with Crippen LogP contribution in [-0.4, -0.2) is 34.6 Å². The van der Waals surface area contributed by atoms with Crippen LogP contribution < -0.4 is 10.6 Å². The number of amides is 2. The number of fused-ring (bicyclic) bond motifs is 1. The number of hydrogen-bond donors (Lipinski definition) is 3. The number of methoxy groups -OCH3 is 1. The van der Waals surface area contributed by atoms with Crippen molar-refractivity contribution in [1.29, 1.82) is 0 Å². The Kier molecular flexibility index (Phi) is 5.04. The normalized spacial score (nSPS) is 15.0. The first-order valence-electron chi connectivity index (χ1n) is 8.63. The summed E-state index contributed by atoms with van der Waals surface area (Å²) in [5, 5.41) is 5.40. The van der Waals surface area contributed by atoms with Gasteiger partial charge in [0, 0.05) is 22.5 Å². The molecular weight excluding hydrogens is 363 g/mol. The van der Waals surface area contributed by atoms with E-state index in [4.69, 9.17) is 0 Å². The third-order valence-corrected chi connectivity index (χ3v) is 4.38. The van der Waals surface area contributed by atoms with E-state index in [2.05, 4.69) is 25.3 Å². The molecule has 0 aliphatic carbocycles. The molecule has 1 aromatic heterocycles. The van der Waals surface area contributed by atoms with Crippen LogP contribution in [0.2, 0.25) is 0 Å². The van der Waals surface area contributed by atoms with Crippen LogP contribution in [0.4, 0.5) is 14.9 Å². The number of carbonyl (C=O) groups is 2. The van der Waals surface area contributed by atoms with E-state index in [1.165, 1.54) is 25.6 Å². The first-order chi connectivity index (χ1) is 13.2. The number of carbonyl (C=O) groups excluding carboxylic acids is 2. The van der Waals surface area contributed by atoms with Crippen molar-refractivity contribution < 1.29 is 18.7 Å². The Bertz CT molecular complexity index is 1000. The van der Waals surface area contributed by atoms with Gasteiger partial charge in [0.2, 0.25) is 0 Å². The molecule has 0 radical (unpaired) electrons. The zero-order chi connectivity index (χ0) is 20.5. The predicted octanol–water partition coefficient (Wildman–Crippen LogP) is 3.50. The number of anilines is 1. The zero-order valence-electron chi connectivity index (χ0n) is 16.0. The van der Waals surface area contributed by atoms with Crippen LogP contribution in [0.25, 0.3) is 17.7 Å². The van der Waals surface area contributed by atoms with E-state index in [0.717, 1.165) is 5.69 Å². The topological polar surface area (TPSA) is 96.1 Å². The molecule has 2 aromatic rings. The van der Waals surface area contributed by atoms with Crippen molar-refractivity contribution >= 4 is 35.4 Å². The molecule has 0 unspecified atom stereocenters. The number of aromatic nitrogens is 2. The average molecular weight is 384 g/mol. The summed E-state index contributed by atoms with van der Waals surface area (Å²) in [4.78, 5) is 31.1. The van der Waals surface area contributed by atoms with Crippen molar-refractivity contribution in [3.8, 4) is 0 Å². The van der Waals surface area contributed by atoms with Crippen LogP contribution in [0.1, 0.15) is 36.4 Å². The molecule has 0 bridgehead atoms. The van der Waals surface area contributed by atoms with Gasteiger partial charge in [0.25, 0.3) is 5.91 Å². The summed E-state index contributed by atoms with van der Waals surface area (Å²) in [7, 11) is 1.27. The molecular formula is C20H21FN4O3. The summed E-state index contributed by atoms with van der Waals surface area (Å²) >= 11 is 0. The minimum atomic E-state index is -0.791. The number of nitrogens with zero attached hydrogens (tertiary/aromatic N) is 1. The van der Waals surface area contributed by atoms with Crippen LogP contribution in [-0.2, 0) is 9.53 Å². The SMILES string of the molecule is COC(=O)NC(C)(C)C=Cc1c(F)ccc2c1C(=Cc1nc[nH]c1C)C(=O)N2. The Morgan fingerprint density at radius 3 is 2.75 bits per heavy atom. The molecule has 0 spiro atoms. The minimum Gasteiger partial charge on any atom is -0.453 e. The standard InChI is InChI=1S/C20H21FN4O3/c1-11-16(23-10-22-11)9-13-17-12(7-8-20(2,3)25-19(27)28-4)14(21)5-6-15(17)24-18(13)26/h5-10H,1-4H3,(H,22,23)(H,24,26)(H,25,27). The van der Waals surface area contributed by atoms with E-state index in [-0.39, 0.29) is 11.5 Å². The van der Waals surface area contributed by atoms with Crippen molar-refractivity contribution in [2.45, 2.75) is 26.3 Å². The van der Waals surface area contributed by atoms with Gasteiger partial charge in [-0.1, -0.05) is 12.2 Å². The van der Waals surface area contributed by atoms with E-state index in [1.54, 1.807) is 32.1 Å². The number of alkyl carbamates (subject to hydrolysis) is 1. The summed E-state index contributed by atoms with van der Waals surface area (Å²) in [6.07, 6.45) is 5.75. The van der Waals surface area contributed by atoms with Crippen LogP contribution >= 0.6 is 0 Å². The van der Waals surface area contributed by atoms with Gasteiger partial charge in [-0.3, -0.25) is 4.79 Å². The molecule has 0 fully saturated rings. The second-order valence-corrected chi connectivity index (χ2v) is 6.98. The maximum atomic E-state index is 14.7. The van der Waals surface area contributed by atoms with Gasteiger partial charge in [0.05, 0.1) is 30.2 Å². The van der Waals surface area contributed by atoms with Crippen LogP contribution in [0.3, 0.4) is 0 Å². The molecule has 7 nitrogen and oxygen atoms in total. The maximum absolute atomic E-state index is 14.7. The molecule has 3 rings (SSSR count). The van der Waals surface area contributed by atoms with Crippen molar-refractivity contribution in [1.82, 2.24) is 15.3 Å². The number of aryl methyl sites for hydroxylation is 1. The molecule has 1 aromatic carbocycles. The summed E-state index contributed by atoms with van der Waals surface area (Å²) in [5.41, 5.74) is 2.15. The fourth-order valence-electron chi connectivity index (χ4n) is 2.89. The Morgan fingerprint density at radius 2 is 2.11 bits per heavy atom. The first kappa shape index (κ1) is 19.3. The van der Waals surface area contributed by atoms with Crippen LogP contribution in [0.5, 0.6) is 0 Å². The van der Waals surface area contributed by atoms with Crippen molar-refractivity contribution in [3.05, 3.63) is 52.9 Å². The highest BCUT2D eigenvalue weighted by Gasteiger charge is 2.29. The molecule has 3 N–H and O–H groups in total. The predicted molar refractivity (Wildman–Crippen MR) is 105 cm³/mol. The van der Waals surface area contributed by atoms with Gasteiger partial charge >= 0.3 is 6.09 Å². The van der Waals surface area contributed by atoms with Gasteiger partial charge in [-0.2, -0.15) is 0 Å². The lowest BCUT2D eigenvalue weighted by molar-refractivity contribution is -0.110. The highest BCUT2D eigenvalue weighted by atomic mass is 19.1. The molecule has 0 saturated heterocycles. The van der Waals surface area contributed by atoms with Crippen molar-refractivity contribution in [2.75, 3.05) is 12.4 Å². The number of aromatic amines is 1. The third kappa shape index (κ3) is 3.80. The number of benzene rings is 1. The lowest BCUT2D eigenvalue weighted by atomic mass is 9.96. The Hall–Kier alpha value is -3.42. The van der Waals surface area contributed by atoms with Gasteiger partial charge in [-0.15, -0.1) is 0 Å². The Morgan fingerprint density at radius 1 is 1.36 bits per heavy atom. The van der Waals surface area contributed by atoms with E-state index in [9.17, 15) is 14.0 Å². The number of H-pyrrole nitrogens is 1. The van der Waals surface area contributed by atoms with Crippen molar-refractivity contribution in [3.63, 3.8) is 0 Å². The molecule has 1 aliphatic heterocycles. The monoisotopic (exact) mass is 384 g/mol. The fraction of sp³-hybridized carbons (Fsp3) is 0.250. The van der Waals surface area contributed by atoms with E-state index in [1.807, 2.05) is 6.92 Å². The number of rotatable bonds is 4. The third-order valence-electron chi connectivity index (χ3n) is 4.38. The number of hydrogen-bond acceptors (Lipinski definition) is 4. The second kappa shape index (κ2) is 7.30. The molecule has 0 saturated carbocycles.